The molecule has 3 aliphatic heterocycles. The molecule has 0 radical (unpaired) electrons. The van der Waals surface area contributed by atoms with E-state index in [1.807, 2.05) is 11.8 Å². The molecule has 0 aliphatic carbocycles. The van der Waals surface area contributed by atoms with Gasteiger partial charge >= 0.3 is 0 Å². The van der Waals surface area contributed by atoms with Gasteiger partial charge in [0, 0.05) is 23.0 Å². The smallest absolute Gasteiger partial charge is 0.173 e. The molecule has 0 saturated carbocycles. The van der Waals surface area contributed by atoms with Crippen LogP contribution in [-0.4, -0.2) is 36.0 Å². The second kappa shape index (κ2) is 4.73. The third-order valence-electron chi connectivity index (χ3n) is 4.48. The number of rotatable bonds is 2. The van der Waals surface area contributed by atoms with Crippen LogP contribution in [0.4, 0.5) is 0 Å². The lowest BCUT2D eigenvalue weighted by molar-refractivity contribution is -0.246. The minimum Gasteiger partial charge on any atom is -0.370 e. The van der Waals surface area contributed by atoms with Crippen molar-refractivity contribution in [1.82, 2.24) is 0 Å². The van der Waals surface area contributed by atoms with Crippen LogP contribution < -0.4 is 0 Å². The summed E-state index contributed by atoms with van der Waals surface area (Å²) in [5.41, 5.74) is -0.0975. The molecule has 1 spiro atoms. The predicted octanol–water partition coefficient (Wildman–Crippen LogP) is 3.23. The highest BCUT2D eigenvalue weighted by Crippen LogP contribution is 2.52. The monoisotopic (exact) mass is 292 g/mol. The fourth-order valence-corrected chi connectivity index (χ4v) is 5.19. The summed E-state index contributed by atoms with van der Waals surface area (Å²) >= 11 is 1.93. The molecule has 4 rings (SSSR count). The van der Waals surface area contributed by atoms with Crippen LogP contribution in [0, 0.1) is 0 Å². The lowest BCUT2D eigenvalue weighted by atomic mass is 9.92. The fourth-order valence-electron chi connectivity index (χ4n) is 3.79. The molecular weight excluding hydrogens is 272 g/mol. The zero-order chi connectivity index (χ0) is 13.6. The van der Waals surface area contributed by atoms with E-state index in [1.165, 1.54) is 4.90 Å². The van der Waals surface area contributed by atoms with Gasteiger partial charge in [-0.2, -0.15) is 0 Å². The van der Waals surface area contributed by atoms with Gasteiger partial charge in [0.15, 0.2) is 5.79 Å². The third kappa shape index (κ3) is 2.29. The Labute approximate surface area is 124 Å². The topological polar surface area (TPSA) is 27.7 Å². The van der Waals surface area contributed by atoms with Gasteiger partial charge in [0.2, 0.25) is 0 Å². The molecule has 3 nitrogen and oxygen atoms in total. The van der Waals surface area contributed by atoms with E-state index in [2.05, 4.69) is 37.3 Å². The van der Waals surface area contributed by atoms with Crippen LogP contribution in [0.15, 0.2) is 35.2 Å². The number of ether oxygens (including phenoxy) is 3. The molecule has 3 heterocycles. The maximum atomic E-state index is 6.28. The van der Waals surface area contributed by atoms with Crippen molar-refractivity contribution in [2.75, 3.05) is 13.2 Å². The number of benzene rings is 1. The van der Waals surface area contributed by atoms with Gasteiger partial charge < -0.3 is 14.2 Å². The molecule has 0 N–H and O–H groups in total. The van der Waals surface area contributed by atoms with Crippen LogP contribution in [0.2, 0.25) is 0 Å². The Morgan fingerprint density at radius 2 is 1.85 bits per heavy atom. The second-order valence-corrected chi connectivity index (χ2v) is 7.58. The van der Waals surface area contributed by atoms with E-state index in [1.54, 1.807) is 0 Å². The first-order valence-electron chi connectivity index (χ1n) is 7.34. The molecular formula is C16H20O3S. The lowest BCUT2D eigenvalue weighted by Crippen LogP contribution is -2.47. The number of fused-ring (bicyclic) bond motifs is 2. The Morgan fingerprint density at radius 1 is 1.10 bits per heavy atom. The van der Waals surface area contributed by atoms with Crippen molar-refractivity contribution in [2.45, 2.75) is 53.8 Å². The highest BCUT2D eigenvalue weighted by Gasteiger charge is 2.57. The normalized spacial score (nSPS) is 38.5. The van der Waals surface area contributed by atoms with Crippen LogP contribution in [0.3, 0.4) is 0 Å². The summed E-state index contributed by atoms with van der Waals surface area (Å²) in [7, 11) is 0. The molecule has 3 aliphatic rings. The van der Waals surface area contributed by atoms with E-state index in [0.29, 0.717) is 5.25 Å². The van der Waals surface area contributed by atoms with Crippen molar-refractivity contribution >= 4 is 11.8 Å². The van der Waals surface area contributed by atoms with Crippen molar-refractivity contribution in [3.63, 3.8) is 0 Å². The molecule has 0 unspecified atom stereocenters. The summed E-state index contributed by atoms with van der Waals surface area (Å²) in [5, 5.41) is 0.495. The molecule has 108 valence electrons. The van der Waals surface area contributed by atoms with E-state index < -0.39 is 0 Å². The standard InChI is InChI=1S/C16H20O3S/c1-15-10-14(20-12-5-3-2-4-6-12)13(19-15)9-16(11-15)17-7-8-18-16/h2-6,13-14H,7-11H2,1H3/t13-,14+,15-/m0/s1. The van der Waals surface area contributed by atoms with Gasteiger partial charge in [-0.25, -0.2) is 0 Å². The first kappa shape index (κ1) is 13.1. The molecule has 2 bridgehead atoms. The van der Waals surface area contributed by atoms with Gasteiger partial charge in [-0.1, -0.05) is 18.2 Å². The molecule has 3 atom stereocenters. The highest BCUT2D eigenvalue weighted by molar-refractivity contribution is 8.00. The second-order valence-electron chi connectivity index (χ2n) is 6.27. The molecule has 3 fully saturated rings. The van der Waals surface area contributed by atoms with Crippen LogP contribution in [0.5, 0.6) is 0 Å². The molecule has 3 saturated heterocycles. The van der Waals surface area contributed by atoms with Crippen molar-refractivity contribution in [2.24, 2.45) is 0 Å². The zero-order valence-electron chi connectivity index (χ0n) is 11.7. The quantitative estimate of drug-likeness (QED) is 0.836. The minimum atomic E-state index is -0.371. The first-order chi connectivity index (χ1) is 9.67. The summed E-state index contributed by atoms with van der Waals surface area (Å²) < 4.78 is 18.1. The minimum absolute atomic E-state index is 0.0975. The largest absolute Gasteiger partial charge is 0.370 e. The summed E-state index contributed by atoms with van der Waals surface area (Å²) in [6.45, 7) is 3.65. The third-order valence-corrected chi connectivity index (χ3v) is 5.80. The number of hydrogen-bond acceptors (Lipinski definition) is 4. The summed E-state index contributed by atoms with van der Waals surface area (Å²) in [5.74, 6) is -0.371. The number of hydrogen-bond donors (Lipinski definition) is 0. The molecule has 0 amide bonds. The maximum Gasteiger partial charge on any atom is 0.173 e. The van der Waals surface area contributed by atoms with E-state index in [0.717, 1.165) is 32.5 Å². The van der Waals surface area contributed by atoms with Gasteiger partial charge in [-0.05, 0) is 25.5 Å². The zero-order valence-corrected chi connectivity index (χ0v) is 12.5. The fraction of sp³-hybridized carbons (Fsp3) is 0.625. The Bertz CT molecular complexity index is 486. The van der Waals surface area contributed by atoms with Gasteiger partial charge in [0.05, 0.1) is 24.9 Å². The summed E-state index contributed by atoms with van der Waals surface area (Å²) in [6.07, 6.45) is 3.04. The molecule has 1 aromatic rings. The van der Waals surface area contributed by atoms with Crippen molar-refractivity contribution in [1.29, 1.82) is 0 Å². The molecule has 4 heteroatoms. The molecule has 1 aromatic carbocycles. The van der Waals surface area contributed by atoms with Gasteiger partial charge in [-0.3, -0.25) is 0 Å². The molecule has 0 aromatic heterocycles. The molecule has 20 heavy (non-hydrogen) atoms. The van der Waals surface area contributed by atoms with Crippen LogP contribution in [0.1, 0.15) is 26.2 Å². The Kier molecular flexibility index (Phi) is 3.11. The van der Waals surface area contributed by atoms with Gasteiger partial charge in [0.25, 0.3) is 0 Å². The Balaban J connectivity index is 1.53. The van der Waals surface area contributed by atoms with E-state index in [4.69, 9.17) is 14.2 Å². The number of thioether (sulfide) groups is 1. The van der Waals surface area contributed by atoms with Crippen LogP contribution >= 0.6 is 11.8 Å². The van der Waals surface area contributed by atoms with Crippen molar-refractivity contribution in [3.8, 4) is 0 Å². The summed E-state index contributed by atoms with van der Waals surface area (Å²) in [4.78, 5) is 1.32. The predicted molar refractivity (Wildman–Crippen MR) is 77.9 cm³/mol. The highest BCUT2D eigenvalue weighted by atomic mass is 32.2. The average molecular weight is 292 g/mol. The lowest BCUT2D eigenvalue weighted by Gasteiger charge is -2.41. The average Bonchev–Trinajstić information content (AvgIpc) is 2.94. The van der Waals surface area contributed by atoms with Gasteiger partial charge in [0.1, 0.15) is 0 Å². The van der Waals surface area contributed by atoms with Crippen molar-refractivity contribution in [3.05, 3.63) is 30.3 Å². The summed E-state index contributed by atoms with van der Waals surface area (Å²) in [6, 6.07) is 10.6. The van der Waals surface area contributed by atoms with E-state index in [-0.39, 0.29) is 17.5 Å². The maximum absolute atomic E-state index is 6.28. The van der Waals surface area contributed by atoms with Crippen LogP contribution in [0.25, 0.3) is 0 Å². The first-order valence-corrected chi connectivity index (χ1v) is 8.22. The van der Waals surface area contributed by atoms with Crippen LogP contribution in [-0.2, 0) is 14.2 Å². The van der Waals surface area contributed by atoms with E-state index in [9.17, 15) is 0 Å². The van der Waals surface area contributed by atoms with E-state index >= 15 is 0 Å². The van der Waals surface area contributed by atoms with Crippen molar-refractivity contribution < 1.29 is 14.2 Å². The van der Waals surface area contributed by atoms with Gasteiger partial charge in [-0.15, -0.1) is 11.8 Å². The Morgan fingerprint density at radius 3 is 2.60 bits per heavy atom. The Hall–Kier alpha value is -0.550. The SMILES string of the molecule is C[C@]12C[C@@H](Sc3ccccc3)[C@H](CC3(C1)OCCO3)O2.